The first kappa shape index (κ1) is 13.9. The van der Waals surface area contributed by atoms with Crippen LogP contribution in [0.3, 0.4) is 0 Å². The molecule has 1 aromatic heterocycles. The van der Waals surface area contributed by atoms with Gasteiger partial charge in [-0.2, -0.15) is 0 Å². The first-order valence-corrected chi connectivity index (χ1v) is 7.36. The van der Waals surface area contributed by atoms with E-state index in [0.717, 1.165) is 26.2 Å². The van der Waals surface area contributed by atoms with Crippen molar-refractivity contribution in [2.75, 3.05) is 7.11 Å². The van der Waals surface area contributed by atoms with E-state index >= 15 is 0 Å². The highest BCUT2D eigenvalue weighted by Gasteiger charge is 2.17. The molecule has 96 valence electrons. The molecule has 1 atom stereocenters. The van der Waals surface area contributed by atoms with E-state index in [1.807, 2.05) is 31.2 Å². The minimum Gasteiger partial charge on any atom is -0.496 e. The lowest BCUT2D eigenvalue weighted by Gasteiger charge is -2.15. The van der Waals surface area contributed by atoms with E-state index in [4.69, 9.17) is 22.1 Å². The molecule has 2 nitrogen and oxygen atoms in total. The molecule has 0 spiro atoms. The van der Waals surface area contributed by atoms with Crippen molar-refractivity contribution < 1.29 is 4.74 Å². The normalized spacial score (nSPS) is 12.5. The largest absolute Gasteiger partial charge is 0.496 e. The fourth-order valence-electron chi connectivity index (χ4n) is 1.77. The Kier molecular flexibility index (Phi) is 4.33. The molecule has 1 unspecified atom stereocenters. The molecule has 1 aromatic carbocycles. The number of aryl methyl sites for hydroxylation is 1. The van der Waals surface area contributed by atoms with Crippen LogP contribution in [0.4, 0.5) is 0 Å². The summed E-state index contributed by atoms with van der Waals surface area (Å²) in [5.74, 6) is 0.800. The molecule has 5 heteroatoms. The van der Waals surface area contributed by atoms with Gasteiger partial charge in [0.25, 0.3) is 0 Å². The van der Waals surface area contributed by atoms with Gasteiger partial charge in [-0.15, -0.1) is 11.3 Å². The quantitative estimate of drug-likeness (QED) is 0.886. The van der Waals surface area contributed by atoms with Gasteiger partial charge in [-0.3, -0.25) is 0 Å². The van der Waals surface area contributed by atoms with Crippen LogP contribution in [0.2, 0.25) is 4.34 Å². The highest BCUT2D eigenvalue weighted by molar-refractivity contribution is 9.10. The summed E-state index contributed by atoms with van der Waals surface area (Å²) in [5, 5.41) is 0. The molecule has 0 aliphatic carbocycles. The molecule has 0 aliphatic heterocycles. The fourth-order valence-corrected chi connectivity index (χ4v) is 3.52. The molecule has 0 saturated carbocycles. The molecule has 0 aliphatic rings. The Bertz CT molecular complexity index is 551. The lowest BCUT2D eigenvalue weighted by Crippen LogP contribution is -2.11. The van der Waals surface area contributed by atoms with Crippen LogP contribution in [0.1, 0.15) is 22.0 Å². The summed E-state index contributed by atoms with van der Waals surface area (Å²) < 4.78 is 6.96. The highest BCUT2D eigenvalue weighted by atomic mass is 79.9. The van der Waals surface area contributed by atoms with E-state index in [2.05, 4.69) is 15.9 Å². The second-order valence-corrected chi connectivity index (χ2v) is 6.53. The number of hydrogen-bond donors (Lipinski definition) is 1. The van der Waals surface area contributed by atoms with Crippen LogP contribution in [0.15, 0.2) is 28.7 Å². The van der Waals surface area contributed by atoms with Gasteiger partial charge in [0.1, 0.15) is 10.1 Å². The molecular weight excluding hydrogens is 334 g/mol. The standard InChI is InChI=1S/C13H13BrClNOS/c1-7-3-4-10(17-2)8(5-7)12(16)11-6-9(14)13(15)18-11/h3-6,12H,16H2,1-2H3. The van der Waals surface area contributed by atoms with Crippen LogP contribution in [0.5, 0.6) is 5.75 Å². The average Bonchev–Trinajstić information content (AvgIpc) is 2.68. The Morgan fingerprint density at radius 2 is 2.11 bits per heavy atom. The zero-order chi connectivity index (χ0) is 13.3. The first-order valence-electron chi connectivity index (χ1n) is 5.37. The molecule has 2 aromatic rings. The molecule has 0 amide bonds. The van der Waals surface area contributed by atoms with Crippen LogP contribution in [0.25, 0.3) is 0 Å². The van der Waals surface area contributed by atoms with E-state index in [0.29, 0.717) is 4.34 Å². The van der Waals surface area contributed by atoms with Gasteiger partial charge in [0.05, 0.1) is 13.2 Å². The second kappa shape index (κ2) is 5.61. The van der Waals surface area contributed by atoms with Crippen molar-refractivity contribution >= 4 is 38.9 Å². The van der Waals surface area contributed by atoms with Gasteiger partial charge >= 0.3 is 0 Å². The van der Waals surface area contributed by atoms with E-state index < -0.39 is 0 Å². The SMILES string of the molecule is COc1ccc(C)cc1C(N)c1cc(Br)c(Cl)s1. The number of nitrogens with two attached hydrogens (primary N) is 1. The topological polar surface area (TPSA) is 35.2 Å². The second-order valence-electron chi connectivity index (χ2n) is 3.99. The fraction of sp³-hybridized carbons (Fsp3) is 0.231. The molecule has 18 heavy (non-hydrogen) atoms. The summed E-state index contributed by atoms with van der Waals surface area (Å²) in [7, 11) is 1.65. The Labute approximate surface area is 124 Å². The maximum absolute atomic E-state index is 6.29. The van der Waals surface area contributed by atoms with Gasteiger partial charge in [-0.05, 0) is 35.0 Å². The van der Waals surface area contributed by atoms with Gasteiger partial charge in [0.2, 0.25) is 0 Å². The number of hydrogen-bond acceptors (Lipinski definition) is 3. The van der Waals surface area contributed by atoms with E-state index in [1.165, 1.54) is 11.3 Å². The third kappa shape index (κ3) is 2.72. The molecule has 2 rings (SSSR count). The van der Waals surface area contributed by atoms with Crippen LogP contribution in [0, 0.1) is 6.92 Å². The molecule has 0 fully saturated rings. The molecular formula is C13H13BrClNOS. The Balaban J connectivity index is 2.44. The summed E-state index contributed by atoms with van der Waals surface area (Å²) in [6.45, 7) is 2.03. The van der Waals surface area contributed by atoms with Crippen molar-refractivity contribution in [1.82, 2.24) is 0 Å². The van der Waals surface area contributed by atoms with E-state index in [9.17, 15) is 0 Å². The van der Waals surface area contributed by atoms with Gasteiger partial charge in [0, 0.05) is 14.9 Å². The number of ether oxygens (including phenoxy) is 1. The Hall–Kier alpha value is -0.550. The van der Waals surface area contributed by atoms with Crippen LogP contribution >= 0.6 is 38.9 Å². The monoisotopic (exact) mass is 345 g/mol. The van der Waals surface area contributed by atoms with Gasteiger partial charge < -0.3 is 10.5 Å². The highest BCUT2D eigenvalue weighted by Crippen LogP contribution is 2.38. The molecule has 0 saturated heterocycles. The predicted octanol–water partition coefficient (Wildman–Crippen LogP) is 4.53. The van der Waals surface area contributed by atoms with Crippen molar-refractivity contribution in [3.63, 3.8) is 0 Å². The lowest BCUT2D eigenvalue weighted by atomic mass is 10.0. The number of halogens is 2. The molecule has 1 heterocycles. The number of rotatable bonds is 3. The van der Waals surface area contributed by atoms with Crippen molar-refractivity contribution in [2.24, 2.45) is 5.73 Å². The van der Waals surface area contributed by atoms with Gasteiger partial charge in [-0.1, -0.05) is 29.3 Å². The zero-order valence-corrected chi connectivity index (χ0v) is 13.2. The minimum absolute atomic E-state index is 0.228. The van der Waals surface area contributed by atoms with Gasteiger partial charge in [0.15, 0.2) is 0 Å². The summed E-state index contributed by atoms with van der Waals surface area (Å²) in [4.78, 5) is 1.01. The summed E-state index contributed by atoms with van der Waals surface area (Å²) in [5.41, 5.74) is 8.43. The third-order valence-electron chi connectivity index (χ3n) is 2.69. The lowest BCUT2D eigenvalue weighted by molar-refractivity contribution is 0.408. The Morgan fingerprint density at radius 3 is 2.67 bits per heavy atom. The summed E-state index contributed by atoms with van der Waals surface area (Å²) in [6.07, 6.45) is 0. The minimum atomic E-state index is -0.228. The van der Waals surface area contributed by atoms with Crippen molar-refractivity contribution in [2.45, 2.75) is 13.0 Å². The van der Waals surface area contributed by atoms with Crippen LogP contribution in [-0.2, 0) is 0 Å². The summed E-state index contributed by atoms with van der Waals surface area (Å²) in [6, 6.07) is 7.72. The van der Waals surface area contributed by atoms with E-state index in [1.54, 1.807) is 7.11 Å². The zero-order valence-electron chi connectivity index (χ0n) is 10.0. The number of thiophene rings is 1. The molecule has 0 bridgehead atoms. The van der Waals surface area contributed by atoms with Crippen LogP contribution in [-0.4, -0.2) is 7.11 Å². The molecule has 2 N–H and O–H groups in total. The summed E-state index contributed by atoms with van der Waals surface area (Å²) >= 11 is 10.9. The van der Waals surface area contributed by atoms with Gasteiger partial charge in [-0.25, -0.2) is 0 Å². The maximum Gasteiger partial charge on any atom is 0.124 e. The number of benzene rings is 1. The average molecular weight is 347 g/mol. The maximum atomic E-state index is 6.29. The first-order chi connectivity index (χ1) is 8.52. The van der Waals surface area contributed by atoms with Crippen molar-refractivity contribution in [3.8, 4) is 5.75 Å². The van der Waals surface area contributed by atoms with Crippen molar-refractivity contribution in [3.05, 3.63) is 49.1 Å². The smallest absolute Gasteiger partial charge is 0.124 e. The van der Waals surface area contributed by atoms with E-state index in [-0.39, 0.29) is 6.04 Å². The van der Waals surface area contributed by atoms with Crippen LogP contribution < -0.4 is 10.5 Å². The Morgan fingerprint density at radius 1 is 1.39 bits per heavy atom. The predicted molar refractivity (Wildman–Crippen MR) is 80.8 cm³/mol. The molecule has 0 radical (unpaired) electrons. The third-order valence-corrected chi connectivity index (χ3v) is 5.25. The number of methoxy groups -OCH3 is 1. The van der Waals surface area contributed by atoms with Crippen molar-refractivity contribution in [1.29, 1.82) is 0 Å².